The van der Waals surface area contributed by atoms with Gasteiger partial charge in [-0.15, -0.1) is 0 Å². The van der Waals surface area contributed by atoms with Crippen LogP contribution in [-0.2, 0) is 33.4 Å². The lowest BCUT2D eigenvalue weighted by atomic mass is 9.95. The maximum atomic E-state index is 12.0. The number of methoxy groups -OCH3 is 2. The van der Waals surface area contributed by atoms with Crippen molar-refractivity contribution in [3.05, 3.63) is 0 Å². The van der Waals surface area contributed by atoms with Crippen LogP contribution in [0.2, 0.25) is 0 Å². The normalized spacial score (nSPS) is 11.2. The van der Waals surface area contributed by atoms with Crippen molar-refractivity contribution >= 4 is 31.2 Å². The minimum absolute atomic E-state index is 0.212. The van der Waals surface area contributed by atoms with Crippen LogP contribution < -0.4 is 5.32 Å². The smallest absolute Gasteiger partial charge is 0.290 e. The van der Waals surface area contributed by atoms with Crippen molar-refractivity contribution in [1.82, 2.24) is 15.1 Å². The van der Waals surface area contributed by atoms with Gasteiger partial charge in [-0.1, -0.05) is 307 Å². The van der Waals surface area contributed by atoms with E-state index in [0.717, 1.165) is 154 Å². The van der Waals surface area contributed by atoms with E-state index in [2.05, 4.69) is 84.4 Å². The molecule has 0 bridgehead atoms. The molecule has 0 radical (unpaired) electrons. The zero-order valence-corrected chi connectivity index (χ0v) is 64.8. The molecule has 0 aliphatic carbocycles. The molecule has 0 fully saturated rings. The number of aldehydes is 3. The summed E-state index contributed by atoms with van der Waals surface area (Å²) in [5.41, 5.74) is 0. The highest BCUT2D eigenvalue weighted by Gasteiger charge is 2.12. The first-order chi connectivity index (χ1) is 45.0. The summed E-state index contributed by atoms with van der Waals surface area (Å²) >= 11 is 0. The average Bonchev–Trinajstić information content (AvgIpc) is 3.67. The van der Waals surface area contributed by atoms with E-state index >= 15 is 0 Å². The van der Waals surface area contributed by atoms with E-state index in [1.165, 1.54) is 257 Å². The number of hydrogen-bond acceptors (Lipinski definition) is 9. The van der Waals surface area contributed by atoms with Gasteiger partial charge in [-0.05, 0) is 122 Å². The Bertz CT molecular complexity index is 1210. The molecule has 0 aromatic rings. The van der Waals surface area contributed by atoms with Crippen molar-refractivity contribution in [1.29, 1.82) is 0 Å². The number of carbonyl (C=O) groups excluding carboxylic acids is 4. The predicted molar refractivity (Wildman–Crippen MR) is 406 cm³/mol. The largest absolute Gasteiger partial charge is 0.483 e. The Morgan fingerprint density at radius 3 is 0.891 bits per heavy atom. The van der Waals surface area contributed by atoms with Crippen LogP contribution in [-0.4, -0.2) is 119 Å². The molecule has 0 heterocycles. The van der Waals surface area contributed by atoms with Gasteiger partial charge in [0.15, 0.2) is 0 Å². The van der Waals surface area contributed by atoms with Crippen LogP contribution in [0.25, 0.3) is 0 Å². The number of hydrogen-bond donors (Lipinski definition) is 2. The van der Waals surface area contributed by atoms with E-state index in [0.29, 0.717) is 19.3 Å². The minimum Gasteiger partial charge on any atom is -0.483 e. The first-order valence-corrected chi connectivity index (χ1v) is 40.1. The van der Waals surface area contributed by atoms with Gasteiger partial charge in [0.05, 0.1) is 0 Å². The molecule has 0 aliphatic rings. The highest BCUT2D eigenvalue weighted by Crippen LogP contribution is 2.21. The van der Waals surface area contributed by atoms with Crippen molar-refractivity contribution in [2.24, 2.45) is 11.8 Å². The topological polar surface area (TPSA) is 143 Å². The van der Waals surface area contributed by atoms with Crippen molar-refractivity contribution in [2.45, 2.75) is 410 Å². The van der Waals surface area contributed by atoms with Crippen molar-refractivity contribution in [2.75, 3.05) is 73.2 Å². The average molecular weight is 1310 g/mol. The van der Waals surface area contributed by atoms with Gasteiger partial charge in [0.2, 0.25) is 5.91 Å². The molecule has 556 valence electrons. The van der Waals surface area contributed by atoms with Gasteiger partial charge >= 0.3 is 0 Å². The van der Waals surface area contributed by atoms with E-state index in [1.807, 2.05) is 14.2 Å². The minimum atomic E-state index is -0.250. The molecular weight excluding hydrogens is 1140 g/mol. The van der Waals surface area contributed by atoms with E-state index in [4.69, 9.17) is 24.2 Å². The summed E-state index contributed by atoms with van der Waals surface area (Å²) < 4.78 is 10.7. The Labute approximate surface area is 577 Å². The number of unbranched alkanes of at least 4 members (excludes halogenated alkanes) is 36. The van der Waals surface area contributed by atoms with E-state index in [1.54, 1.807) is 0 Å². The fourth-order valence-electron chi connectivity index (χ4n) is 11.2. The molecule has 0 spiro atoms. The molecule has 0 aliphatic heterocycles. The van der Waals surface area contributed by atoms with Gasteiger partial charge in [-0.3, -0.25) is 9.59 Å². The summed E-state index contributed by atoms with van der Waals surface area (Å²) in [6, 6.07) is 0. The molecule has 11 heteroatoms. The van der Waals surface area contributed by atoms with Crippen LogP contribution in [0.4, 0.5) is 0 Å². The molecule has 11 nitrogen and oxygen atoms in total. The Morgan fingerprint density at radius 1 is 0.348 bits per heavy atom. The molecular formula is C81H169N3O8. The lowest BCUT2D eigenvalue weighted by Gasteiger charge is -2.28. The van der Waals surface area contributed by atoms with Gasteiger partial charge in [0, 0.05) is 66.3 Å². The summed E-state index contributed by atoms with van der Waals surface area (Å²) in [4.78, 5) is 55.4. The SMILES string of the molecule is CC=O.CCCCCCC.CCCCCCCC.CCCCCCCC(=O)NCCCCN(CCC)CCN(CCCCCC=O)CCCCCC=O.CCCCCCCCC(CCCCCC)COC.CCCCCCCCC(CCCCCC)COC.O=CO. The summed E-state index contributed by atoms with van der Waals surface area (Å²) in [7, 11) is 3.70. The monoisotopic (exact) mass is 1310 g/mol. The summed E-state index contributed by atoms with van der Waals surface area (Å²) in [5, 5.41) is 9.98. The van der Waals surface area contributed by atoms with Gasteiger partial charge in [0.1, 0.15) is 18.9 Å². The summed E-state index contributed by atoms with van der Waals surface area (Å²) in [6.07, 6.45) is 69.6. The van der Waals surface area contributed by atoms with Crippen LogP contribution in [0.5, 0.6) is 0 Å². The first kappa shape index (κ1) is 103. The number of carbonyl (C=O) groups is 5. The van der Waals surface area contributed by atoms with Crippen molar-refractivity contribution in [3.63, 3.8) is 0 Å². The van der Waals surface area contributed by atoms with Crippen LogP contribution in [0.3, 0.4) is 0 Å². The van der Waals surface area contributed by atoms with Crippen LogP contribution in [0.1, 0.15) is 410 Å². The van der Waals surface area contributed by atoms with Gasteiger partial charge < -0.3 is 44.1 Å². The molecule has 0 rings (SSSR count). The maximum absolute atomic E-state index is 12.0. The number of nitrogens with zero attached hydrogens (tertiary/aromatic N) is 2. The Kier molecular flexibility index (Phi) is 118. The predicted octanol–water partition coefficient (Wildman–Crippen LogP) is 24.0. The standard InChI is InChI=1S/C29H57N3O3.2C17H36O.C8H18.C7H16.C2H4O.CH2O2/c1-3-5-6-7-12-19-29(35)30-20-13-16-24-31(21-4-2)25-26-32(22-14-8-10-17-27-33)23-15-9-11-18-28-34;2*1-4-6-8-10-11-13-15-17(16-18-3)14-12-9-7-5-2;1-3-5-7-8-6-4-2;1-3-5-7-6-4-2;1-2-3;2-1-3/h27-28H,3-26H2,1-2H3,(H,30,35);2*17H,4-16H2,1-3H3;3-8H2,1-2H3;3-7H2,1-2H3;2H,1H3;1H,(H,2,3). The lowest BCUT2D eigenvalue weighted by molar-refractivity contribution is -0.123. The Morgan fingerprint density at radius 2 is 0.598 bits per heavy atom. The molecule has 0 aromatic carbocycles. The molecule has 2 N–H and O–H groups in total. The number of nitrogens with one attached hydrogen (secondary N) is 1. The van der Waals surface area contributed by atoms with E-state index in [9.17, 15) is 14.4 Å². The second-order valence-corrected chi connectivity index (χ2v) is 26.2. The van der Waals surface area contributed by atoms with Gasteiger partial charge in [-0.25, -0.2) is 0 Å². The fraction of sp³-hybridized carbons (Fsp3) is 0.938. The third-order valence-electron chi connectivity index (χ3n) is 16.9. The third-order valence-corrected chi connectivity index (χ3v) is 16.9. The van der Waals surface area contributed by atoms with E-state index in [-0.39, 0.29) is 12.4 Å². The highest BCUT2D eigenvalue weighted by molar-refractivity contribution is 5.75. The molecule has 1 amide bonds. The molecule has 92 heavy (non-hydrogen) atoms. The number of rotatable bonds is 65. The number of carboxylic acid groups (broad SMARTS) is 1. The second-order valence-electron chi connectivity index (χ2n) is 26.2. The molecule has 0 aromatic heterocycles. The Balaban J connectivity index is -0.000000213. The third kappa shape index (κ3) is 109. The zero-order valence-electron chi connectivity index (χ0n) is 64.8. The summed E-state index contributed by atoms with van der Waals surface area (Å²) in [6.45, 7) is 33.1. The first-order valence-electron chi connectivity index (χ1n) is 40.1. The van der Waals surface area contributed by atoms with Crippen LogP contribution >= 0.6 is 0 Å². The highest BCUT2D eigenvalue weighted by atomic mass is 16.5. The van der Waals surface area contributed by atoms with Crippen molar-refractivity contribution in [3.8, 4) is 0 Å². The molecule has 2 unspecified atom stereocenters. The van der Waals surface area contributed by atoms with Crippen molar-refractivity contribution < 1.29 is 38.6 Å². The number of amides is 1. The van der Waals surface area contributed by atoms with Crippen LogP contribution in [0, 0.1) is 11.8 Å². The van der Waals surface area contributed by atoms with Crippen LogP contribution in [0.15, 0.2) is 0 Å². The maximum Gasteiger partial charge on any atom is 0.290 e. The molecule has 2 atom stereocenters. The molecule has 0 saturated carbocycles. The fourth-order valence-corrected chi connectivity index (χ4v) is 11.2. The Hall–Kier alpha value is -2.21. The quantitative estimate of drug-likeness (QED) is 0.0446. The van der Waals surface area contributed by atoms with Gasteiger partial charge in [0.25, 0.3) is 6.47 Å². The summed E-state index contributed by atoms with van der Waals surface area (Å²) in [5.74, 6) is 1.85. The molecule has 0 saturated heterocycles. The lowest BCUT2D eigenvalue weighted by Crippen LogP contribution is -2.37. The van der Waals surface area contributed by atoms with E-state index < -0.39 is 0 Å². The zero-order chi connectivity index (χ0) is 70.0. The second kappa shape index (κ2) is 105. The number of ether oxygens (including phenoxy) is 2. The van der Waals surface area contributed by atoms with Gasteiger partial charge in [-0.2, -0.15) is 0 Å².